The fourth-order valence-electron chi connectivity index (χ4n) is 3.04. The smallest absolute Gasteiger partial charge is 0.191 e. The zero-order chi connectivity index (χ0) is 20.5. The van der Waals surface area contributed by atoms with Crippen molar-refractivity contribution >= 4 is 41.7 Å². The van der Waals surface area contributed by atoms with Gasteiger partial charge in [-0.05, 0) is 51.3 Å². The van der Waals surface area contributed by atoms with Gasteiger partial charge in [-0.15, -0.1) is 24.0 Å². The molecule has 0 aliphatic heterocycles. The summed E-state index contributed by atoms with van der Waals surface area (Å²) < 4.78 is 15.6. The molecule has 5 nitrogen and oxygen atoms in total. The Bertz CT molecular complexity index is 793. The molecule has 29 heavy (non-hydrogen) atoms. The summed E-state index contributed by atoms with van der Waals surface area (Å²) in [5.41, 5.74) is 4.33. The summed E-state index contributed by atoms with van der Waals surface area (Å²) in [6.45, 7) is 9.88. The summed E-state index contributed by atoms with van der Waals surface area (Å²) in [5.74, 6) is 2.20. The molecule has 1 heterocycles. The number of aliphatic imine (C=N–C) groups is 1. The van der Waals surface area contributed by atoms with Gasteiger partial charge in [0.05, 0.1) is 12.2 Å². The fraction of sp³-hybridized carbons (Fsp3) is 0.524. The lowest BCUT2D eigenvalue weighted by molar-refractivity contribution is 0.617. The number of nitrogens with one attached hydrogen (secondary N) is 2. The highest BCUT2D eigenvalue weighted by Gasteiger charge is 2.14. The molecule has 0 radical (unpaired) electrons. The van der Waals surface area contributed by atoms with E-state index in [1.165, 1.54) is 17.3 Å². The van der Waals surface area contributed by atoms with Crippen LogP contribution in [-0.4, -0.2) is 40.6 Å². The Morgan fingerprint density at radius 2 is 2.03 bits per heavy atom. The van der Waals surface area contributed by atoms with Crippen LogP contribution < -0.4 is 10.6 Å². The van der Waals surface area contributed by atoms with Crippen LogP contribution in [0.1, 0.15) is 36.4 Å². The molecule has 8 heteroatoms. The topological polar surface area (TPSA) is 54.2 Å². The third-order valence-corrected chi connectivity index (χ3v) is 5.60. The van der Waals surface area contributed by atoms with E-state index in [4.69, 9.17) is 0 Å². The van der Waals surface area contributed by atoms with Crippen LogP contribution in [0.15, 0.2) is 29.3 Å². The van der Waals surface area contributed by atoms with Gasteiger partial charge in [0.2, 0.25) is 0 Å². The highest BCUT2D eigenvalue weighted by molar-refractivity contribution is 14.0. The number of halogens is 2. The molecule has 0 aliphatic carbocycles. The van der Waals surface area contributed by atoms with Gasteiger partial charge >= 0.3 is 0 Å². The predicted octanol–water partition coefficient (Wildman–Crippen LogP) is 4.21. The highest BCUT2D eigenvalue weighted by atomic mass is 127. The van der Waals surface area contributed by atoms with Crippen LogP contribution in [0.5, 0.6) is 0 Å². The van der Waals surface area contributed by atoms with Gasteiger partial charge in [0.15, 0.2) is 5.96 Å². The van der Waals surface area contributed by atoms with Crippen molar-refractivity contribution in [2.75, 3.05) is 18.8 Å². The van der Waals surface area contributed by atoms with Crippen LogP contribution in [0.4, 0.5) is 4.39 Å². The zero-order valence-corrected chi connectivity index (χ0v) is 21.1. The van der Waals surface area contributed by atoms with Gasteiger partial charge in [-0.3, -0.25) is 9.67 Å². The van der Waals surface area contributed by atoms with Crippen LogP contribution in [0.3, 0.4) is 0 Å². The number of hydrogen-bond donors (Lipinski definition) is 2. The lowest BCUT2D eigenvalue weighted by Crippen LogP contribution is -2.43. The van der Waals surface area contributed by atoms with Crippen LogP contribution in [0, 0.1) is 19.7 Å². The second kappa shape index (κ2) is 13.1. The molecule has 1 aromatic heterocycles. The first kappa shape index (κ1) is 25.7. The fourth-order valence-corrected chi connectivity index (χ4v) is 3.86. The molecule has 0 fully saturated rings. The molecule has 1 atom stereocenters. The summed E-state index contributed by atoms with van der Waals surface area (Å²) in [6, 6.07) is 7.18. The van der Waals surface area contributed by atoms with E-state index in [9.17, 15) is 4.39 Å². The predicted molar refractivity (Wildman–Crippen MR) is 133 cm³/mol. The highest BCUT2D eigenvalue weighted by Crippen LogP contribution is 2.15. The van der Waals surface area contributed by atoms with Gasteiger partial charge < -0.3 is 10.6 Å². The van der Waals surface area contributed by atoms with Gasteiger partial charge in [-0.1, -0.05) is 18.2 Å². The zero-order valence-electron chi connectivity index (χ0n) is 18.0. The van der Waals surface area contributed by atoms with E-state index >= 15 is 0 Å². The normalized spacial score (nSPS) is 12.4. The Hall–Kier alpha value is -1.29. The SMILES string of the molecule is CCNC(=NCCSCc1ccccc1F)NC(C)Cc1c(C)nn(C)c1C.I. The molecule has 162 valence electrons. The number of guanidine groups is 1. The summed E-state index contributed by atoms with van der Waals surface area (Å²) in [4.78, 5) is 4.66. The van der Waals surface area contributed by atoms with E-state index in [0.29, 0.717) is 12.3 Å². The van der Waals surface area contributed by atoms with Gasteiger partial charge in [-0.25, -0.2) is 4.39 Å². The van der Waals surface area contributed by atoms with Crippen LogP contribution in [0.25, 0.3) is 0 Å². The first-order valence-corrected chi connectivity index (χ1v) is 10.9. The molecule has 2 N–H and O–H groups in total. The molecule has 0 saturated heterocycles. The number of rotatable bonds is 9. The maximum atomic E-state index is 13.6. The minimum atomic E-state index is -0.136. The molecule has 0 amide bonds. The number of thioether (sulfide) groups is 1. The second-order valence-electron chi connectivity index (χ2n) is 6.93. The van der Waals surface area contributed by atoms with Crippen LogP contribution in [-0.2, 0) is 19.2 Å². The van der Waals surface area contributed by atoms with E-state index in [1.807, 2.05) is 23.9 Å². The quantitative estimate of drug-likeness (QED) is 0.220. The van der Waals surface area contributed by atoms with Gasteiger partial charge in [0.25, 0.3) is 0 Å². The molecular weight excluding hydrogens is 500 g/mol. The van der Waals surface area contributed by atoms with Gasteiger partial charge in [0.1, 0.15) is 5.82 Å². The minimum Gasteiger partial charge on any atom is -0.357 e. The summed E-state index contributed by atoms with van der Waals surface area (Å²) >= 11 is 1.70. The average molecular weight is 533 g/mol. The number of benzene rings is 1. The van der Waals surface area contributed by atoms with Crippen molar-refractivity contribution in [3.05, 3.63) is 52.6 Å². The lowest BCUT2D eigenvalue weighted by atomic mass is 10.1. The van der Waals surface area contributed by atoms with E-state index in [2.05, 4.69) is 48.4 Å². The van der Waals surface area contributed by atoms with Crippen molar-refractivity contribution in [3.63, 3.8) is 0 Å². The Morgan fingerprint density at radius 1 is 1.31 bits per heavy atom. The molecule has 1 aromatic carbocycles. The molecule has 0 bridgehead atoms. The maximum absolute atomic E-state index is 13.6. The molecular formula is C21H33FIN5S. The number of aromatic nitrogens is 2. The monoisotopic (exact) mass is 533 g/mol. The second-order valence-corrected chi connectivity index (χ2v) is 8.03. The molecule has 0 aliphatic rings. The van der Waals surface area contributed by atoms with Crippen molar-refractivity contribution in [1.82, 2.24) is 20.4 Å². The van der Waals surface area contributed by atoms with Crippen molar-refractivity contribution in [2.24, 2.45) is 12.0 Å². The maximum Gasteiger partial charge on any atom is 0.191 e. The number of aryl methyl sites for hydroxylation is 2. The molecule has 2 aromatic rings. The molecule has 0 saturated carbocycles. The van der Waals surface area contributed by atoms with E-state index in [1.54, 1.807) is 17.8 Å². The third kappa shape index (κ3) is 8.16. The average Bonchev–Trinajstić information content (AvgIpc) is 2.89. The Balaban J connectivity index is 0.00000420. The van der Waals surface area contributed by atoms with E-state index in [0.717, 1.165) is 35.9 Å². The van der Waals surface area contributed by atoms with Crippen molar-refractivity contribution in [3.8, 4) is 0 Å². The van der Waals surface area contributed by atoms with E-state index in [-0.39, 0.29) is 35.8 Å². The Labute approximate surface area is 195 Å². The number of hydrogen-bond acceptors (Lipinski definition) is 3. The van der Waals surface area contributed by atoms with Crippen molar-refractivity contribution in [2.45, 2.75) is 45.9 Å². The third-order valence-electron chi connectivity index (χ3n) is 4.62. The summed E-state index contributed by atoms with van der Waals surface area (Å²) in [7, 11) is 1.98. The van der Waals surface area contributed by atoms with Crippen LogP contribution in [0.2, 0.25) is 0 Å². The first-order valence-electron chi connectivity index (χ1n) is 9.77. The lowest BCUT2D eigenvalue weighted by Gasteiger charge is -2.18. The van der Waals surface area contributed by atoms with Gasteiger partial charge in [0, 0.05) is 36.8 Å². The standard InChI is InChI=1S/C21H32FN5S.HI/c1-6-23-21(24-11-12-28-14-18-9-7-8-10-20(18)22)25-15(2)13-19-16(3)26-27(5)17(19)4;/h7-10,15H,6,11-14H2,1-5H3,(H2,23,24,25);1H. The van der Waals surface area contributed by atoms with Crippen molar-refractivity contribution in [1.29, 1.82) is 0 Å². The minimum absolute atomic E-state index is 0. The van der Waals surface area contributed by atoms with Crippen molar-refractivity contribution < 1.29 is 4.39 Å². The number of nitrogens with zero attached hydrogens (tertiary/aromatic N) is 3. The van der Waals surface area contributed by atoms with Gasteiger partial charge in [-0.2, -0.15) is 16.9 Å². The summed E-state index contributed by atoms with van der Waals surface area (Å²) in [5, 5.41) is 11.3. The molecule has 1 unspecified atom stereocenters. The van der Waals surface area contributed by atoms with E-state index < -0.39 is 0 Å². The van der Waals surface area contributed by atoms with Crippen LogP contribution >= 0.6 is 35.7 Å². The Kier molecular flexibility index (Phi) is 11.6. The molecule has 2 rings (SSSR count). The first-order chi connectivity index (χ1) is 13.4. The summed E-state index contributed by atoms with van der Waals surface area (Å²) in [6.07, 6.45) is 0.901. The molecule has 0 spiro atoms. The Morgan fingerprint density at radius 3 is 2.66 bits per heavy atom. The largest absolute Gasteiger partial charge is 0.357 e.